The molecule has 1 saturated heterocycles. The zero-order chi connectivity index (χ0) is 13.2. The van der Waals surface area contributed by atoms with Crippen LogP contribution in [0.1, 0.15) is 46.0 Å². The van der Waals surface area contributed by atoms with Gasteiger partial charge in [0.25, 0.3) is 0 Å². The monoisotopic (exact) mass is 269 g/mol. The van der Waals surface area contributed by atoms with Gasteiger partial charge in [0.05, 0.1) is 6.54 Å². The van der Waals surface area contributed by atoms with E-state index in [9.17, 15) is 0 Å². The summed E-state index contributed by atoms with van der Waals surface area (Å²) < 4.78 is 0. The van der Waals surface area contributed by atoms with Gasteiger partial charge in [-0.3, -0.25) is 4.99 Å². The van der Waals surface area contributed by atoms with E-state index in [2.05, 4.69) is 38.2 Å². The van der Waals surface area contributed by atoms with Crippen LogP contribution in [0.5, 0.6) is 0 Å². The van der Waals surface area contributed by atoms with Crippen molar-refractivity contribution in [1.82, 2.24) is 10.2 Å². The zero-order valence-corrected chi connectivity index (χ0v) is 13.1. The topological polar surface area (TPSA) is 27.6 Å². The third kappa shape index (κ3) is 3.21. The number of hydrogen-bond donors (Lipinski definition) is 1. The third-order valence-corrected chi connectivity index (χ3v) is 5.32. The molecule has 0 aromatic rings. The van der Waals surface area contributed by atoms with Crippen LogP contribution < -0.4 is 5.32 Å². The Labute approximate surface area is 116 Å². The molecular formula is C14H27N3S. The first-order valence-electron chi connectivity index (χ1n) is 7.06. The normalized spacial score (nSPS) is 28.6. The van der Waals surface area contributed by atoms with Gasteiger partial charge in [-0.15, -0.1) is 0 Å². The fourth-order valence-corrected chi connectivity index (χ4v) is 4.18. The maximum atomic E-state index is 4.88. The number of thioether (sulfide) groups is 1. The molecule has 0 bridgehead atoms. The summed E-state index contributed by atoms with van der Waals surface area (Å²) in [5, 5.41) is 4.72. The minimum Gasteiger partial charge on any atom is -0.360 e. The van der Waals surface area contributed by atoms with Crippen LogP contribution >= 0.6 is 11.8 Å². The Balaban J connectivity index is 2.00. The van der Waals surface area contributed by atoms with Crippen molar-refractivity contribution in [2.75, 3.05) is 26.4 Å². The summed E-state index contributed by atoms with van der Waals surface area (Å²) >= 11 is 1.88. The van der Waals surface area contributed by atoms with Gasteiger partial charge in [0.1, 0.15) is 0 Å². The molecule has 1 aliphatic carbocycles. The summed E-state index contributed by atoms with van der Waals surface area (Å²) in [7, 11) is 4.41. The molecule has 104 valence electrons. The largest absolute Gasteiger partial charge is 0.360 e. The first-order chi connectivity index (χ1) is 8.44. The van der Waals surface area contributed by atoms with E-state index in [0.717, 1.165) is 11.7 Å². The molecule has 0 aromatic heterocycles. The zero-order valence-electron chi connectivity index (χ0n) is 12.3. The van der Waals surface area contributed by atoms with Crippen molar-refractivity contribution in [1.29, 1.82) is 0 Å². The number of amidine groups is 1. The van der Waals surface area contributed by atoms with Crippen molar-refractivity contribution >= 4 is 16.9 Å². The third-order valence-electron chi connectivity index (χ3n) is 4.41. The second-order valence-electron chi connectivity index (χ2n) is 6.55. The average Bonchev–Trinajstić information content (AvgIpc) is 2.75. The first kappa shape index (κ1) is 14.2. The molecule has 2 fully saturated rings. The minimum atomic E-state index is 0.213. The number of nitrogens with one attached hydrogen (secondary N) is 1. The Morgan fingerprint density at radius 1 is 1.22 bits per heavy atom. The predicted octanol–water partition coefficient (Wildman–Crippen LogP) is 2.72. The highest BCUT2D eigenvalue weighted by atomic mass is 32.2. The summed E-state index contributed by atoms with van der Waals surface area (Å²) in [6, 6.07) is 0. The molecule has 0 atom stereocenters. The minimum absolute atomic E-state index is 0.213. The Hall–Kier alpha value is -0.220. The molecule has 4 heteroatoms. The van der Waals surface area contributed by atoms with E-state index >= 15 is 0 Å². The van der Waals surface area contributed by atoms with E-state index in [-0.39, 0.29) is 5.54 Å². The molecule has 2 rings (SSSR count). The quantitative estimate of drug-likeness (QED) is 0.854. The van der Waals surface area contributed by atoms with Gasteiger partial charge in [0.15, 0.2) is 5.17 Å². The summed E-state index contributed by atoms with van der Waals surface area (Å²) in [6.07, 6.45) is 6.52. The van der Waals surface area contributed by atoms with E-state index < -0.39 is 0 Å². The number of hydrogen-bond acceptors (Lipinski definition) is 3. The van der Waals surface area contributed by atoms with Gasteiger partial charge in [-0.25, -0.2) is 0 Å². The average molecular weight is 269 g/mol. The van der Waals surface area contributed by atoms with E-state index in [1.54, 1.807) is 0 Å². The lowest BCUT2D eigenvalue weighted by molar-refractivity contribution is 0.167. The van der Waals surface area contributed by atoms with Crippen molar-refractivity contribution in [3.63, 3.8) is 0 Å². The molecule has 0 unspecified atom stereocenters. The van der Waals surface area contributed by atoms with Crippen molar-refractivity contribution in [3.8, 4) is 0 Å². The molecule has 3 nitrogen and oxygen atoms in total. The van der Waals surface area contributed by atoms with Crippen molar-refractivity contribution in [3.05, 3.63) is 0 Å². The summed E-state index contributed by atoms with van der Waals surface area (Å²) in [4.78, 5) is 7.27. The van der Waals surface area contributed by atoms with Crippen molar-refractivity contribution in [2.24, 2.45) is 4.99 Å². The van der Waals surface area contributed by atoms with E-state index in [0.29, 0.717) is 5.54 Å². The predicted molar refractivity (Wildman–Crippen MR) is 81.5 cm³/mol. The lowest BCUT2D eigenvalue weighted by atomic mass is 9.96. The van der Waals surface area contributed by atoms with Crippen molar-refractivity contribution in [2.45, 2.75) is 57.0 Å². The Morgan fingerprint density at radius 2 is 1.89 bits per heavy atom. The van der Waals surface area contributed by atoms with Crippen LogP contribution in [0.15, 0.2) is 4.99 Å². The molecule has 1 aliphatic heterocycles. The Kier molecular flexibility index (Phi) is 4.27. The highest BCUT2D eigenvalue weighted by Gasteiger charge is 2.36. The van der Waals surface area contributed by atoms with Crippen LogP contribution in [-0.4, -0.2) is 47.5 Å². The standard InChI is InChI=1S/C14H27N3S/c1-13(2)9-10-18-12(16-13)15-11-14(17(3)4)7-5-6-8-14/h5-11H2,1-4H3,(H,15,16). The van der Waals surface area contributed by atoms with Gasteiger partial charge in [-0.1, -0.05) is 24.6 Å². The molecule has 0 aromatic carbocycles. The van der Waals surface area contributed by atoms with E-state index in [1.165, 1.54) is 37.9 Å². The number of aliphatic imine (C=N–C) groups is 1. The molecular weight excluding hydrogens is 242 g/mol. The van der Waals surface area contributed by atoms with Gasteiger partial charge in [0, 0.05) is 16.8 Å². The smallest absolute Gasteiger partial charge is 0.157 e. The maximum Gasteiger partial charge on any atom is 0.157 e. The van der Waals surface area contributed by atoms with Crippen LogP contribution in [0.2, 0.25) is 0 Å². The van der Waals surface area contributed by atoms with Crippen LogP contribution in [0.3, 0.4) is 0 Å². The second kappa shape index (κ2) is 5.41. The fourth-order valence-electron chi connectivity index (χ4n) is 2.87. The number of nitrogens with zero attached hydrogens (tertiary/aromatic N) is 2. The molecule has 0 radical (unpaired) electrons. The summed E-state index contributed by atoms with van der Waals surface area (Å²) in [5.74, 6) is 1.19. The molecule has 1 heterocycles. The molecule has 0 amide bonds. The number of rotatable bonds is 3. The van der Waals surface area contributed by atoms with E-state index in [1.807, 2.05) is 11.8 Å². The molecule has 1 saturated carbocycles. The van der Waals surface area contributed by atoms with E-state index in [4.69, 9.17) is 4.99 Å². The van der Waals surface area contributed by atoms with Crippen LogP contribution in [-0.2, 0) is 0 Å². The van der Waals surface area contributed by atoms with Gasteiger partial charge < -0.3 is 10.2 Å². The van der Waals surface area contributed by atoms with Crippen LogP contribution in [0, 0.1) is 0 Å². The Bertz CT molecular complexity index is 317. The molecule has 18 heavy (non-hydrogen) atoms. The molecule has 1 N–H and O–H groups in total. The highest BCUT2D eigenvalue weighted by molar-refractivity contribution is 8.13. The van der Waals surface area contributed by atoms with Crippen LogP contribution in [0.4, 0.5) is 0 Å². The second-order valence-corrected chi connectivity index (χ2v) is 7.64. The summed E-state index contributed by atoms with van der Waals surface area (Å²) in [6.45, 7) is 5.48. The number of likely N-dealkylation sites (N-methyl/N-ethyl adjacent to an activating group) is 1. The Morgan fingerprint density at radius 3 is 2.44 bits per heavy atom. The van der Waals surface area contributed by atoms with Gasteiger partial charge >= 0.3 is 0 Å². The lowest BCUT2D eigenvalue weighted by Gasteiger charge is -2.36. The lowest BCUT2D eigenvalue weighted by Crippen LogP contribution is -2.48. The van der Waals surface area contributed by atoms with Crippen molar-refractivity contribution < 1.29 is 0 Å². The highest BCUT2D eigenvalue weighted by Crippen LogP contribution is 2.34. The maximum absolute atomic E-state index is 4.88. The van der Waals surface area contributed by atoms with Gasteiger partial charge in [0.2, 0.25) is 0 Å². The molecule has 0 spiro atoms. The SMILES string of the molecule is CN(C)C1(CN=C2NC(C)(C)CCS2)CCCC1. The van der Waals surface area contributed by atoms with Gasteiger partial charge in [-0.2, -0.15) is 0 Å². The molecule has 2 aliphatic rings. The first-order valence-corrected chi connectivity index (χ1v) is 8.05. The van der Waals surface area contributed by atoms with Gasteiger partial charge in [-0.05, 0) is 47.2 Å². The van der Waals surface area contributed by atoms with Crippen LogP contribution in [0.25, 0.3) is 0 Å². The fraction of sp³-hybridized carbons (Fsp3) is 0.929. The summed E-state index contributed by atoms with van der Waals surface area (Å²) in [5.41, 5.74) is 0.530.